The zero-order valence-electron chi connectivity index (χ0n) is 24.7. The summed E-state index contributed by atoms with van der Waals surface area (Å²) in [6.45, 7) is 4.18. The molecule has 0 spiro atoms. The highest BCUT2D eigenvalue weighted by molar-refractivity contribution is 5.74. The fourth-order valence-corrected chi connectivity index (χ4v) is 5.00. The van der Waals surface area contributed by atoms with Crippen LogP contribution in [0.2, 0.25) is 0 Å². The van der Waals surface area contributed by atoms with Crippen molar-refractivity contribution in [3.05, 3.63) is 108 Å². The van der Waals surface area contributed by atoms with Gasteiger partial charge in [-0.2, -0.15) is 0 Å². The molecule has 8 nitrogen and oxygen atoms in total. The number of aliphatic carboxylic acids is 2. The van der Waals surface area contributed by atoms with Crippen LogP contribution in [0.3, 0.4) is 0 Å². The number of nitrogens with one attached hydrogen (secondary N) is 2. The smallest absolute Gasteiger partial charge is 0.322 e. The Labute approximate surface area is 250 Å². The minimum atomic E-state index is -0.986. The maximum atomic E-state index is 11.9. The van der Waals surface area contributed by atoms with Crippen molar-refractivity contribution in [3.63, 3.8) is 0 Å². The first-order valence-electron chi connectivity index (χ1n) is 14.9. The van der Waals surface area contributed by atoms with Crippen LogP contribution in [0.15, 0.2) is 91.0 Å². The van der Waals surface area contributed by atoms with Crippen LogP contribution in [0.25, 0.3) is 0 Å². The molecule has 0 aliphatic rings. The molecule has 0 saturated heterocycles. The number of hydrazine groups is 1. The zero-order valence-corrected chi connectivity index (χ0v) is 24.7. The van der Waals surface area contributed by atoms with E-state index < -0.39 is 24.0 Å². The molecule has 0 bridgehead atoms. The number of carbonyl (C=O) groups is 2. The van der Waals surface area contributed by atoms with Crippen LogP contribution >= 0.6 is 0 Å². The fraction of sp³-hybridized carbons (Fsp3) is 0.412. The van der Waals surface area contributed by atoms with Crippen molar-refractivity contribution in [1.82, 2.24) is 20.7 Å². The Balaban J connectivity index is 1.40. The van der Waals surface area contributed by atoms with Gasteiger partial charge < -0.3 is 15.1 Å². The number of carboxylic acid groups (broad SMARTS) is 2. The molecule has 0 radical (unpaired) electrons. The molecule has 0 aliphatic carbocycles. The van der Waals surface area contributed by atoms with Gasteiger partial charge in [0.05, 0.1) is 0 Å². The lowest BCUT2D eigenvalue weighted by atomic mass is 10.1. The van der Waals surface area contributed by atoms with Crippen LogP contribution in [-0.4, -0.2) is 64.2 Å². The summed E-state index contributed by atoms with van der Waals surface area (Å²) in [5, 5.41) is 19.4. The van der Waals surface area contributed by atoms with Crippen LogP contribution in [0.1, 0.15) is 55.2 Å². The SMILES string of the molecule is CN(CCCC[C@H](NN[C@@H](CCCCN(Cc1ccccc1)Cc1ccccc1)C(=O)O)C(=O)O)Cc1ccccc1. The van der Waals surface area contributed by atoms with Gasteiger partial charge in [0, 0.05) is 19.6 Å². The molecule has 0 aliphatic heterocycles. The maximum absolute atomic E-state index is 11.9. The van der Waals surface area contributed by atoms with E-state index in [0.717, 1.165) is 52.0 Å². The summed E-state index contributed by atoms with van der Waals surface area (Å²) in [4.78, 5) is 28.3. The van der Waals surface area contributed by atoms with E-state index in [0.29, 0.717) is 19.3 Å². The molecule has 2 atom stereocenters. The fourth-order valence-electron chi connectivity index (χ4n) is 5.00. The van der Waals surface area contributed by atoms with Crippen molar-refractivity contribution >= 4 is 11.9 Å². The summed E-state index contributed by atoms with van der Waals surface area (Å²) in [6, 6.07) is 29.2. The van der Waals surface area contributed by atoms with Gasteiger partial charge >= 0.3 is 11.9 Å². The average Bonchev–Trinajstić information content (AvgIpc) is 2.98. The molecule has 4 N–H and O–H groups in total. The first-order valence-corrected chi connectivity index (χ1v) is 14.9. The van der Waals surface area contributed by atoms with E-state index in [2.05, 4.69) is 64.1 Å². The number of carboxylic acids is 2. The van der Waals surface area contributed by atoms with E-state index in [-0.39, 0.29) is 0 Å². The van der Waals surface area contributed by atoms with E-state index in [9.17, 15) is 19.8 Å². The summed E-state index contributed by atoms with van der Waals surface area (Å²) in [5.41, 5.74) is 9.31. The predicted octanol–water partition coefficient (Wildman–Crippen LogP) is 5.16. The first kappa shape index (κ1) is 32.9. The molecular weight excluding hydrogens is 528 g/mol. The molecular formula is C34H46N4O4. The summed E-state index contributed by atoms with van der Waals surface area (Å²) in [6.07, 6.45) is 3.95. The van der Waals surface area contributed by atoms with Gasteiger partial charge in [0.2, 0.25) is 0 Å². The highest BCUT2D eigenvalue weighted by Crippen LogP contribution is 2.13. The van der Waals surface area contributed by atoms with Gasteiger partial charge in [0.25, 0.3) is 0 Å². The minimum Gasteiger partial charge on any atom is -0.480 e. The summed E-state index contributed by atoms with van der Waals surface area (Å²) >= 11 is 0. The second-order valence-corrected chi connectivity index (χ2v) is 11.0. The molecule has 3 aromatic carbocycles. The average molecular weight is 575 g/mol. The minimum absolute atomic E-state index is 0.406. The highest BCUT2D eigenvalue weighted by atomic mass is 16.4. The van der Waals surface area contributed by atoms with E-state index in [1.807, 2.05) is 54.6 Å². The molecule has 0 heterocycles. The quantitative estimate of drug-likeness (QED) is 0.102. The van der Waals surface area contributed by atoms with E-state index in [4.69, 9.17) is 0 Å². The molecule has 0 amide bonds. The van der Waals surface area contributed by atoms with Crippen LogP contribution in [0.4, 0.5) is 0 Å². The van der Waals surface area contributed by atoms with E-state index in [1.54, 1.807) is 0 Å². The maximum Gasteiger partial charge on any atom is 0.322 e. The number of hydrogen-bond donors (Lipinski definition) is 4. The monoisotopic (exact) mass is 574 g/mol. The van der Waals surface area contributed by atoms with Crippen molar-refractivity contribution in [2.45, 2.75) is 70.2 Å². The lowest BCUT2D eigenvalue weighted by molar-refractivity contribution is -0.143. The van der Waals surface area contributed by atoms with Crippen LogP contribution < -0.4 is 10.9 Å². The molecule has 0 aromatic heterocycles. The molecule has 0 saturated carbocycles. The number of unbranched alkanes of at least 4 members (excludes halogenated alkanes) is 2. The van der Waals surface area contributed by atoms with Gasteiger partial charge in [-0.3, -0.25) is 14.5 Å². The third kappa shape index (κ3) is 13.0. The van der Waals surface area contributed by atoms with Crippen molar-refractivity contribution in [3.8, 4) is 0 Å². The summed E-state index contributed by atoms with van der Waals surface area (Å²) in [7, 11) is 2.06. The van der Waals surface area contributed by atoms with Gasteiger partial charge in [-0.1, -0.05) is 91.0 Å². The number of hydrogen-bond acceptors (Lipinski definition) is 6. The Morgan fingerprint density at radius 1 is 0.595 bits per heavy atom. The van der Waals surface area contributed by atoms with Gasteiger partial charge in [-0.05, 0) is 75.4 Å². The third-order valence-corrected chi connectivity index (χ3v) is 7.32. The number of nitrogens with zero attached hydrogens (tertiary/aromatic N) is 2. The highest BCUT2D eigenvalue weighted by Gasteiger charge is 2.22. The zero-order chi connectivity index (χ0) is 30.0. The van der Waals surface area contributed by atoms with Gasteiger partial charge in [0.15, 0.2) is 0 Å². The lowest BCUT2D eigenvalue weighted by Gasteiger charge is -2.23. The van der Waals surface area contributed by atoms with Crippen LogP contribution in [0, 0.1) is 0 Å². The van der Waals surface area contributed by atoms with Gasteiger partial charge in [-0.15, -0.1) is 0 Å². The van der Waals surface area contributed by atoms with Crippen molar-refractivity contribution in [1.29, 1.82) is 0 Å². The number of rotatable bonds is 21. The van der Waals surface area contributed by atoms with Crippen molar-refractivity contribution in [2.75, 3.05) is 20.1 Å². The largest absolute Gasteiger partial charge is 0.480 e. The second-order valence-electron chi connectivity index (χ2n) is 11.0. The molecule has 0 unspecified atom stereocenters. The molecule has 42 heavy (non-hydrogen) atoms. The molecule has 226 valence electrons. The second kappa shape index (κ2) is 18.8. The normalized spacial score (nSPS) is 12.8. The Morgan fingerprint density at radius 2 is 0.976 bits per heavy atom. The third-order valence-electron chi connectivity index (χ3n) is 7.32. The van der Waals surface area contributed by atoms with E-state index >= 15 is 0 Å². The Hall–Kier alpha value is -3.56. The lowest BCUT2D eigenvalue weighted by Crippen LogP contribution is -2.52. The molecule has 0 fully saturated rings. The Morgan fingerprint density at radius 3 is 1.38 bits per heavy atom. The topological polar surface area (TPSA) is 105 Å². The van der Waals surface area contributed by atoms with Gasteiger partial charge in [0.1, 0.15) is 12.1 Å². The summed E-state index contributed by atoms with van der Waals surface area (Å²) in [5.74, 6) is -1.97. The summed E-state index contributed by atoms with van der Waals surface area (Å²) < 4.78 is 0. The van der Waals surface area contributed by atoms with Gasteiger partial charge in [-0.25, -0.2) is 10.9 Å². The first-order chi connectivity index (χ1) is 20.4. The predicted molar refractivity (Wildman–Crippen MR) is 167 cm³/mol. The van der Waals surface area contributed by atoms with Crippen molar-refractivity contribution in [2.24, 2.45) is 0 Å². The molecule has 3 aromatic rings. The van der Waals surface area contributed by atoms with Crippen molar-refractivity contribution < 1.29 is 19.8 Å². The molecule has 8 heteroatoms. The number of benzene rings is 3. The Bertz CT molecular complexity index is 1120. The standard InChI is InChI=1S/C34H46N4O4/c1-37(25-28-15-5-2-6-16-28)23-13-11-21-31(33(39)40)35-36-32(34(41)42)22-12-14-24-38(26-29-17-7-3-8-18-29)27-30-19-9-4-10-20-30/h2-10,15-20,31-32,35-36H,11-14,21-27H2,1H3,(H,39,40)(H,41,42)/t31-,32-/m0/s1. The molecule has 3 rings (SSSR count). The Kier molecular flexibility index (Phi) is 14.7. The van der Waals surface area contributed by atoms with E-state index in [1.165, 1.54) is 16.7 Å². The van der Waals surface area contributed by atoms with Crippen LogP contribution in [-0.2, 0) is 29.2 Å². The van der Waals surface area contributed by atoms with Crippen LogP contribution in [0.5, 0.6) is 0 Å².